The molecule has 0 aliphatic carbocycles. The summed E-state index contributed by atoms with van der Waals surface area (Å²) in [4.78, 5) is 37.7. The first-order valence-electron chi connectivity index (χ1n) is 28.6. The van der Waals surface area contributed by atoms with Crippen molar-refractivity contribution in [2.24, 2.45) is 0 Å². The summed E-state index contributed by atoms with van der Waals surface area (Å²) in [6.07, 6.45) is 73.4. The largest absolute Gasteiger partial charge is 0.462 e. The van der Waals surface area contributed by atoms with Crippen molar-refractivity contribution < 1.29 is 28.6 Å². The number of allylic oxidation sites excluding steroid dienone is 14. The summed E-state index contributed by atoms with van der Waals surface area (Å²) < 4.78 is 16.7. The maximum atomic E-state index is 12.7. The smallest absolute Gasteiger partial charge is 0.306 e. The number of hydrogen-bond donors (Lipinski definition) is 0. The Labute approximate surface area is 420 Å². The van der Waals surface area contributed by atoms with E-state index in [4.69, 9.17) is 14.2 Å². The molecule has 1 atom stereocenters. The molecule has 68 heavy (non-hydrogen) atoms. The fraction of sp³-hybridized carbons (Fsp3) is 0.726. The van der Waals surface area contributed by atoms with Crippen LogP contribution >= 0.6 is 0 Å². The zero-order valence-electron chi connectivity index (χ0n) is 44.6. The van der Waals surface area contributed by atoms with Crippen LogP contribution in [-0.4, -0.2) is 37.2 Å². The zero-order valence-corrected chi connectivity index (χ0v) is 44.6. The molecule has 0 aromatic carbocycles. The highest BCUT2D eigenvalue weighted by Gasteiger charge is 2.19. The van der Waals surface area contributed by atoms with Gasteiger partial charge < -0.3 is 14.2 Å². The van der Waals surface area contributed by atoms with Gasteiger partial charge in [0.25, 0.3) is 0 Å². The molecular formula is C62H106O6. The van der Waals surface area contributed by atoms with E-state index in [9.17, 15) is 14.4 Å². The topological polar surface area (TPSA) is 78.9 Å². The van der Waals surface area contributed by atoms with Crippen molar-refractivity contribution in [1.29, 1.82) is 0 Å². The second kappa shape index (κ2) is 56.2. The van der Waals surface area contributed by atoms with Crippen LogP contribution in [0.5, 0.6) is 0 Å². The Kier molecular flexibility index (Phi) is 53.4. The van der Waals surface area contributed by atoms with Crippen molar-refractivity contribution in [2.45, 2.75) is 277 Å². The molecule has 0 N–H and O–H groups in total. The molecular weight excluding hydrogens is 841 g/mol. The van der Waals surface area contributed by atoms with E-state index >= 15 is 0 Å². The van der Waals surface area contributed by atoms with Crippen LogP contribution in [0.1, 0.15) is 271 Å². The fourth-order valence-corrected chi connectivity index (χ4v) is 7.85. The van der Waals surface area contributed by atoms with Crippen molar-refractivity contribution in [3.8, 4) is 0 Å². The minimum atomic E-state index is -0.776. The van der Waals surface area contributed by atoms with E-state index in [2.05, 4.69) is 106 Å². The summed E-state index contributed by atoms with van der Waals surface area (Å²) in [6.45, 7) is 6.43. The van der Waals surface area contributed by atoms with Crippen LogP contribution in [0.4, 0.5) is 0 Å². The Hall–Kier alpha value is -3.41. The summed E-state index contributed by atoms with van der Waals surface area (Å²) in [5.74, 6) is -0.900. The lowest BCUT2D eigenvalue weighted by Gasteiger charge is -2.18. The zero-order chi connectivity index (χ0) is 49.3. The van der Waals surface area contributed by atoms with Gasteiger partial charge in [-0.15, -0.1) is 0 Å². The summed E-state index contributed by atoms with van der Waals surface area (Å²) in [5, 5.41) is 0. The second-order valence-corrected chi connectivity index (χ2v) is 18.8. The molecule has 6 nitrogen and oxygen atoms in total. The molecule has 0 aliphatic rings. The molecule has 0 radical (unpaired) electrons. The van der Waals surface area contributed by atoms with Crippen LogP contribution in [0.25, 0.3) is 0 Å². The first kappa shape index (κ1) is 64.6. The number of unbranched alkanes of at least 4 members (excludes halogenated alkanes) is 26. The third-order valence-corrected chi connectivity index (χ3v) is 12.1. The predicted molar refractivity (Wildman–Crippen MR) is 293 cm³/mol. The first-order chi connectivity index (χ1) is 33.5. The highest BCUT2D eigenvalue weighted by Crippen LogP contribution is 2.15. The van der Waals surface area contributed by atoms with E-state index in [1.54, 1.807) is 0 Å². The van der Waals surface area contributed by atoms with Crippen LogP contribution in [0.3, 0.4) is 0 Å². The summed E-state index contributed by atoms with van der Waals surface area (Å²) in [5.41, 5.74) is 0. The molecule has 0 aromatic heterocycles. The van der Waals surface area contributed by atoms with Crippen LogP contribution in [0.2, 0.25) is 0 Å². The lowest BCUT2D eigenvalue weighted by atomic mass is 10.0. The molecule has 0 heterocycles. The minimum absolute atomic E-state index is 0.0792. The Bertz CT molecular complexity index is 1320. The third kappa shape index (κ3) is 53.5. The Morgan fingerprint density at radius 2 is 0.574 bits per heavy atom. The monoisotopic (exact) mass is 947 g/mol. The number of hydrogen-bond acceptors (Lipinski definition) is 6. The van der Waals surface area contributed by atoms with E-state index < -0.39 is 6.10 Å². The van der Waals surface area contributed by atoms with E-state index in [1.807, 2.05) is 0 Å². The minimum Gasteiger partial charge on any atom is -0.462 e. The molecule has 0 rings (SSSR count). The van der Waals surface area contributed by atoms with Gasteiger partial charge in [-0.05, 0) is 96.3 Å². The highest BCUT2D eigenvalue weighted by molar-refractivity contribution is 5.71. The van der Waals surface area contributed by atoms with Gasteiger partial charge in [0.05, 0.1) is 0 Å². The molecule has 1 unspecified atom stereocenters. The van der Waals surface area contributed by atoms with Crippen molar-refractivity contribution in [1.82, 2.24) is 0 Å². The Morgan fingerprint density at radius 1 is 0.309 bits per heavy atom. The van der Waals surface area contributed by atoms with E-state index in [1.165, 1.54) is 116 Å². The average molecular weight is 948 g/mol. The molecule has 0 spiro atoms. The first-order valence-corrected chi connectivity index (χ1v) is 28.6. The van der Waals surface area contributed by atoms with Crippen LogP contribution in [0.15, 0.2) is 85.1 Å². The molecule has 0 aliphatic heterocycles. The van der Waals surface area contributed by atoms with Crippen molar-refractivity contribution in [3.05, 3.63) is 85.1 Å². The molecule has 0 bridgehead atoms. The predicted octanol–water partition coefficient (Wildman–Crippen LogP) is 19.2. The van der Waals surface area contributed by atoms with Gasteiger partial charge in [-0.25, -0.2) is 0 Å². The van der Waals surface area contributed by atoms with Gasteiger partial charge in [0.2, 0.25) is 0 Å². The Balaban J connectivity index is 4.02. The third-order valence-electron chi connectivity index (χ3n) is 12.1. The van der Waals surface area contributed by atoms with Crippen molar-refractivity contribution >= 4 is 17.9 Å². The van der Waals surface area contributed by atoms with Gasteiger partial charge in [-0.2, -0.15) is 0 Å². The Morgan fingerprint density at radius 3 is 0.912 bits per heavy atom. The standard InChI is InChI=1S/C62H106O6/c1-4-7-10-13-15-17-19-21-23-24-25-26-27-28-29-30-31-32-33-34-35-36-37-38-39-41-42-44-46-49-52-55-61(64)67-58-59(57-66-60(63)54-51-48-12-9-6-3)68-62(65)56-53-50-47-45-43-40-22-20-18-16-14-11-8-5-2/h7,10,15,17,20-23,25-26,28-29,31-32,59H,4-6,8-9,11-14,16,18-19,24,27,30,33-58H2,1-3H3/b10-7-,17-15-,22-20-,23-21-,26-25-,29-28-,32-31-. The lowest BCUT2D eigenvalue weighted by molar-refractivity contribution is -0.167. The summed E-state index contributed by atoms with van der Waals surface area (Å²) in [6, 6.07) is 0. The molecule has 6 heteroatoms. The molecule has 0 saturated carbocycles. The lowest BCUT2D eigenvalue weighted by Crippen LogP contribution is -2.30. The molecule has 0 saturated heterocycles. The van der Waals surface area contributed by atoms with Crippen LogP contribution in [0, 0.1) is 0 Å². The van der Waals surface area contributed by atoms with Gasteiger partial charge in [0.1, 0.15) is 13.2 Å². The summed E-state index contributed by atoms with van der Waals surface area (Å²) >= 11 is 0. The van der Waals surface area contributed by atoms with Gasteiger partial charge in [0, 0.05) is 19.3 Å². The average Bonchev–Trinajstić information content (AvgIpc) is 3.34. The number of ether oxygens (including phenoxy) is 3. The summed E-state index contributed by atoms with van der Waals surface area (Å²) in [7, 11) is 0. The molecule has 0 fully saturated rings. The molecule has 0 aromatic rings. The maximum Gasteiger partial charge on any atom is 0.306 e. The van der Waals surface area contributed by atoms with Gasteiger partial charge in [-0.3, -0.25) is 14.4 Å². The number of esters is 3. The van der Waals surface area contributed by atoms with Gasteiger partial charge in [-0.1, -0.05) is 241 Å². The molecule has 390 valence electrons. The maximum absolute atomic E-state index is 12.7. The van der Waals surface area contributed by atoms with Crippen LogP contribution in [-0.2, 0) is 28.6 Å². The number of carbonyl (C=O) groups is 3. The quantitative estimate of drug-likeness (QED) is 0.0262. The van der Waals surface area contributed by atoms with Crippen molar-refractivity contribution in [2.75, 3.05) is 13.2 Å². The van der Waals surface area contributed by atoms with E-state index in [0.717, 1.165) is 116 Å². The fourth-order valence-electron chi connectivity index (χ4n) is 7.85. The molecule has 0 amide bonds. The SMILES string of the molecule is CC/C=C\C/C=C\C/C=C\C/C=C\C/C=C\C/C=C\CCCCCCCCCCCCCCC(=O)OCC(COC(=O)CCCCCCC)OC(=O)CCCCCCC/C=C\CCCCCCC. The van der Waals surface area contributed by atoms with E-state index in [-0.39, 0.29) is 31.1 Å². The van der Waals surface area contributed by atoms with Gasteiger partial charge >= 0.3 is 17.9 Å². The second-order valence-electron chi connectivity index (χ2n) is 18.8. The number of rotatable bonds is 51. The van der Waals surface area contributed by atoms with Crippen molar-refractivity contribution in [3.63, 3.8) is 0 Å². The van der Waals surface area contributed by atoms with Crippen LogP contribution < -0.4 is 0 Å². The highest BCUT2D eigenvalue weighted by atomic mass is 16.6. The van der Waals surface area contributed by atoms with E-state index in [0.29, 0.717) is 19.3 Å². The number of carbonyl (C=O) groups excluding carboxylic acids is 3. The van der Waals surface area contributed by atoms with Gasteiger partial charge in [0.15, 0.2) is 6.10 Å². The normalized spacial score (nSPS) is 12.7.